The van der Waals surface area contributed by atoms with E-state index in [9.17, 15) is 8.78 Å². The van der Waals surface area contributed by atoms with Gasteiger partial charge in [0.1, 0.15) is 11.4 Å². The van der Waals surface area contributed by atoms with Crippen molar-refractivity contribution in [2.24, 2.45) is 0 Å². The van der Waals surface area contributed by atoms with Gasteiger partial charge in [-0.05, 0) is 24.3 Å². The summed E-state index contributed by atoms with van der Waals surface area (Å²) in [5.41, 5.74) is 4.07. The number of para-hydroxylation sites is 1. The van der Waals surface area contributed by atoms with E-state index >= 15 is 0 Å². The Labute approximate surface area is 132 Å². The molecule has 0 amide bonds. The molecule has 0 saturated carbocycles. The summed E-state index contributed by atoms with van der Waals surface area (Å²) in [6.45, 7) is 0. The highest BCUT2D eigenvalue weighted by Crippen LogP contribution is 2.30. The van der Waals surface area contributed by atoms with Crippen LogP contribution in [0.2, 0.25) is 0 Å². The number of hydrogen-bond donors (Lipinski definition) is 1. The highest BCUT2D eigenvalue weighted by Gasteiger charge is 2.15. The van der Waals surface area contributed by atoms with Crippen molar-refractivity contribution in [3.05, 3.63) is 60.3 Å². The molecular formula is C17H15F2N3O. The van der Waals surface area contributed by atoms with Crippen molar-refractivity contribution in [2.75, 3.05) is 24.6 Å². The van der Waals surface area contributed by atoms with E-state index in [2.05, 4.69) is 10.4 Å². The van der Waals surface area contributed by atoms with E-state index in [0.29, 0.717) is 17.0 Å². The zero-order valence-corrected chi connectivity index (χ0v) is 12.7. The Bertz CT molecular complexity index is 834. The Morgan fingerprint density at radius 3 is 2.52 bits per heavy atom. The Kier molecular flexibility index (Phi) is 3.97. The van der Waals surface area contributed by atoms with E-state index < -0.39 is 11.6 Å². The number of nitrogens with one attached hydrogen (secondary N) is 1. The van der Waals surface area contributed by atoms with Gasteiger partial charge < -0.3 is 4.74 Å². The van der Waals surface area contributed by atoms with Gasteiger partial charge in [-0.15, -0.1) is 0 Å². The maximum Gasteiger partial charge on any atom is 0.151 e. The number of hydrazine groups is 1. The summed E-state index contributed by atoms with van der Waals surface area (Å²) in [5.74, 6) is -0.685. The summed E-state index contributed by atoms with van der Waals surface area (Å²) in [6.07, 6.45) is 1.66. The van der Waals surface area contributed by atoms with Crippen molar-refractivity contribution < 1.29 is 13.5 Å². The van der Waals surface area contributed by atoms with E-state index in [1.54, 1.807) is 19.4 Å². The molecule has 4 nitrogen and oxygen atoms in total. The third-order valence-electron chi connectivity index (χ3n) is 3.48. The molecular weight excluding hydrogens is 300 g/mol. The van der Waals surface area contributed by atoms with Gasteiger partial charge >= 0.3 is 0 Å². The third-order valence-corrected chi connectivity index (χ3v) is 3.48. The average molecular weight is 315 g/mol. The molecule has 1 N–H and O–H groups in total. The minimum absolute atomic E-state index is 0.167. The number of benzene rings is 2. The van der Waals surface area contributed by atoms with Gasteiger partial charge in [0.05, 0.1) is 18.3 Å². The fraction of sp³-hybridized carbons (Fsp3) is 0.118. The lowest BCUT2D eigenvalue weighted by Gasteiger charge is -2.23. The maximum atomic E-state index is 13.9. The number of ether oxygens (including phenoxy) is 1. The molecule has 118 valence electrons. The number of halogens is 2. The van der Waals surface area contributed by atoms with Crippen LogP contribution in [0.3, 0.4) is 0 Å². The van der Waals surface area contributed by atoms with E-state index in [0.717, 1.165) is 5.39 Å². The number of hydrogen-bond acceptors (Lipinski definition) is 4. The van der Waals surface area contributed by atoms with Gasteiger partial charge in [0, 0.05) is 24.7 Å². The number of nitrogens with zero attached hydrogens (tertiary/aromatic N) is 2. The van der Waals surface area contributed by atoms with Crippen LogP contribution >= 0.6 is 0 Å². The summed E-state index contributed by atoms with van der Waals surface area (Å²) in [4.78, 5) is 4.32. The molecule has 0 fully saturated rings. The predicted molar refractivity (Wildman–Crippen MR) is 86.7 cm³/mol. The van der Waals surface area contributed by atoms with Gasteiger partial charge in [-0.1, -0.05) is 12.1 Å². The van der Waals surface area contributed by atoms with Crippen molar-refractivity contribution in [1.29, 1.82) is 0 Å². The molecule has 0 aliphatic carbocycles. The molecule has 0 spiro atoms. The van der Waals surface area contributed by atoms with Crippen LogP contribution in [0, 0.1) is 11.6 Å². The predicted octanol–water partition coefficient (Wildman–Crippen LogP) is 3.98. The summed E-state index contributed by atoms with van der Waals surface area (Å²) in [5, 5.41) is 2.14. The van der Waals surface area contributed by atoms with Crippen LogP contribution < -0.4 is 15.2 Å². The number of pyridine rings is 1. The second-order valence-corrected chi connectivity index (χ2v) is 4.99. The molecule has 2 aromatic carbocycles. The highest BCUT2D eigenvalue weighted by atomic mass is 19.1. The third kappa shape index (κ3) is 2.88. The summed E-state index contributed by atoms with van der Waals surface area (Å²) in [6, 6.07) is 11.0. The topological polar surface area (TPSA) is 37.4 Å². The van der Waals surface area contributed by atoms with Gasteiger partial charge in [0.2, 0.25) is 0 Å². The molecule has 3 rings (SSSR count). The van der Waals surface area contributed by atoms with E-state index in [1.165, 1.54) is 30.3 Å². The van der Waals surface area contributed by atoms with Gasteiger partial charge in [-0.3, -0.25) is 15.4 Å². The zero-order valence-electron chi connectivity index (χ0n) is 12.7. The number of anilines is 2. The van der Waals surface area contributed by atoms with Crippen LogP contribution in [-0.2, 0) is 0 Å². The Balaban J connectivity index is 2.04. The van der Waals surface area contributed by atoms with Crippen molar-refractivity contribution in [3.8, 4) is 5.75 Å². The molecule has 0 aliphatic rings. The molecule has 6 heteroatoms. The Morgan fingerprint density at radius 2 is 1.83 bits per heavy atom. The minimum Gasteiger partial charge on any atom is -0.497 e. The molecule has 23 heavy (non-hydrogen) atoms. The normalized spacial score (nSPS) is 10.6. The Hall–Kier alpha value is -2.89. The Morgan fingerprint density at radius 1 is 1.09 bits per heavy atom. The lowest BCUT2D eigenvalue weighted by Crippen LogP contribution is -2.27. The number of rotatable bonds is 4. The van der Waals surface area contributed by atoms with Crippen molar-refractivity contribution in [3.63, 3.8) is 0 Å². The summed E-state index contributed by atoms with van der Waals surface area (Å²) in [7, 11) is 3.09. The second kappa shape index (κ2) is 6.08. The molecule has 0 saturated heterocycles. The minimum atomic E-state index is -0.653. The van der Waals surface area contributed by atoms with Crippen LogP contribution in [0.5, 0.6) is 5.75 Å². The van der Waals surface area contributed by atoms with Crippen LogP contribution in [0.15, 0.2) is 48.7 Å². The van der Waals surface area contributed by atoms with Gasteiger partial charge in [-0.2, -0.15) is 0 Å². The molecule has 0 aliphatic heterocycles. The van der Waals surface area contributed by atoms with Crippen molar-refractivity contribution in [1.82, 2.24) is 4.98 Å². The number of aromatic nitrogens is 1. The van der Waals surface area contributed by atoms with E-state index in [-0.39, 0.29) is 5.69 Å². The second-order valence-electron chi connectivity index (χ2n) is 4.99. The molecule has 1 heterocycles. The lowest BCUT2D eigenvalue weighted by atomic mass is 10.2. The fourth-order valence-corrected chi connectivity index (χ4v) is 2.41. The van der Waals surface area contributed by atoms with Crippen molar-refractivity contribution >= 4 is 22.3 Å². The molecule has 0 unspecified atom stereocenters. The first kappa shape index (κ1) is 15.0. The zero-order chi connectivity index (χ0) is 16.4. The molecule has 0 radical (unpaired) electrons. The van der Waals surface area contributed by atoms with Crippen molar-refractivity contribution in [2.45, 2.75) is 0 Å². The molecule has 1 aromatic heterocycles. The van der Waals surface area contributed by atoms with Crippen LogP contribution in [0.4, 0.5) is 20.2 Å². The maximum absolute atomic E-state index is 13.9. The fourth-order valence-electron chi connectivity index (χ4n) is 2.41. The first-order valence-corrected chi connectivity index (χ1v) is 6.97. The largest absolute Gasteiger partial charge is 0.497 e. The first-order valence-electron chi connectivity index (χ1n) is 6.97. The van der Waals surface area contributed by atoms with Gasteiger partial charge in [0.25, 0.3) is 0 Å². The monoisotopic (exact) mass is 315 g/mol. The smallest absolute Gasteiger partial charge is 0.151 e. The van der Waals surface area contributed by atoms with E-state index in [1.807, 2.05) is 18.2 Å². The SMILES string of the molecule is COc1cc(NN(C)c2c(F)cccc2F)c2ncccc2c1. The van der Waals surface area contributed by atoms with Crippen LogP contribution in [0.1, 0.15) is 0 Å². The highest BCUT2D eigenvalue weighted by molar-refractivity contribution is 5.92. The van der Waals surface area contributed by atoms with Crippen LogP contribution in [-0.4, -0.2) is 19.1 Å². The first-order chi connectivity index (χ1) is 11.1. The lowest BCUT2D eigenvalue weighted by molar-refractivity contribution is 0.415. The van der Waals surface area contributed by atoms with Gasteiger partial charge in [0.15, 0.2) is 11.6 Å². The quantitative estimate of drug-likeness (QED) is 0.739. The van der Waals surface area contributed by atoms with Crippen LogP contribution in [0.25, 0.3) is 10.9 Å². The summed E-state index contributed by atoms with van der Waals surface area (Å²) >= 11 is 0. The summed E-state index contributed by atoms with van der Waals surface area (Å²) < 4.78 is 33.1. The molecule has 3 aromatic rings. The average Bonchev–Trinajstić information content (AvgIpc) is 2.54. The molecule has 0 atom stereocenters. The number of fused-ring (bicyclic) bond motifs is 1. The molecule has 0 bridgehead atoms. The van der Waals surface area contributed by atoms with Gasteiger partial charge in [-0.25, -0.2) is 8.78 Å². The number of methoxy groups -OCH3 is 1. The van der Waals surface area contributed by atoms with E-state index in [4.69, 9.17) is 4.74 Å². The standard InChI is InChI=1S/C17H15F2N3O/c1-22(17-13(18)6-3-7-14(17)19)21-15-10-12(23-2)9-11-5-4-8-20-16(11)15/h3-10,21H,1-2H3.